The third-order valence-electron chi connectivity index (χ3n) is 5.30. The summed E-state index contributed by atoms with van der Waals surface area (Å²) in [6.45, 7) is 1.91. The van der Waals surface area contributed by atoms with Crippen LogP contribution < -0.4 is 10.6 Å². The minimum Gasteiger partial charge on any atom is -0.339 e. The van der Waals surface area contributed by atoms with Gasteiger partial charge in [-0.25, -0.2) is 9.97 Å². The van der Waals surface area contributed by atoms with E-state index in [-0.39, 0.29) is 12.5 Å². The number of aromatic nitrogens is 4. The number of aryl methyl sites for hydroxylation is 1. The van der Waals surface area contributed by atoms with Crippen LogP contribution in [0.3, 0.4) is 0 Å². The summed E-state index contributed by atoms with van der Waals surface area (Å²) in [4.78, 5) is 21.0. The number of anilines is 2. The molecular weight excluding hydrogens is 390 g/mol. The van der Waals surface area contributed by atoms with Gasteiger partial charge in [0.2, 0.25) is 5.95 Å². The van der Waals surface area contributed by atoms with Gasteiger partial charge in [0.1, 0.15) is 6.54 Å². The average molecular weight is 411 g/mol. The van der Waals surface area contributed by atoms with Gasteiger partial charge >= 0.3 is 0 Å². The Kier molecular flexibility index (Phi) is 5.63. The van der Waals surface area contributed by atoms with Crippen LogP contribution in [-0.2, 0) is 0 Å². The quantitative estimate of drug-likeness (QED) is 0.476. The number of carbonyl (C=O) groups excluding carboxylic acids is 1. The first-order valence-corrected chi connectivity index (χ1v) is 9.94. The molecule has 8 nitrogen and oxygen atoms in total. The van der Waals surface area contributed by atoms with Gasteiger partial charge in [-0.1, -0.05) is 12.1 Å². The summed E-state index contributed by atoms with van der Waals surface area (Å²) in [5.41, 5.74) is 3.84. The molecule has 0 aliphatic heterocycles. The maximum absolute atomic E-state index is 12.0. The Bertz CT molecular complexity index is 1180. The lowest BCUT2D eigenvalue weighted by atomic mass is 9.81. The molecule has 1 aromatic carbocycles. The second kappa shape index (κ2) is 8.68. The number of benzene rings is 1. The summed E-state index contributed by atoms with van der Waals surface area (Å²) in [6, 6.07) is 9.31. The van der Waals surface area contributed by atoms with Crippen molar-refractivity contribution >= 4 is 17.5 Å². The third kappa shape index (κ3) is 4.39. The molecule has 0 saturated heterocycles. The van der Waals surface area contributed by atoms with Crippen LogP contribution in [0.4, 0.5) is 11.6 Å². The predicted octanol–water partition coefficient (Wildman–Crippen LogP) is 3.23. The van der Waals surface area contributed by atoms with E-state index in [1.165, 1.54) is 0 Å². The predicted molar refractivity (Wildman–Crippen MR) is 116 cm³/mol. The van der Waals surface area contributed by atoms with Crippen LogP contribution in [0.2, 0.25) is 0 Å². The highest BCUT2D eigenvalue weighted by Crippen LogP contribution is 2.37. The second-order valence-electron chi connectivity index (χ2n) is 7.47. The first-order chi connectivity index (χ1) is 15.1. The van der Waals surface area contributed by atoms with E-state index in [0.29, 0.717) is 23.5 Å². The molecular formula is C23H21N7O. The fourth-order valence-electron chi connectivity index (χ4n) is 3.47. The summed E-state index contributed by atoms with van der Waals surface area (Å²) in [7, 11) is 0. The van der Waals surface area contributed by atoms with E-state index in [4.69, 9.17) is 11.7 Å². The van der Waals surface area contributed by atoms with Crippen LogP contribution in [0.5, 0.6) is 0 Å². The van der Waals surface area contributed by atoms with Gasteiger partial charge in [0, 0.05) is 29.4 Å². The highest BCUT2D eigenvalue weighted by molar-refractivity contribution is 5.94. The van der Waals surface area contributed by atoms with Gasteiger partial charge in [-0.15, -0.1) is 12.3 Å². The lowest BCUT2D eigenvalue weighted by Crippen LogP contribution is -2.25. The topological polar surface area (TPSA) is 109 Å². The van der Waals surface area contributed by atoms with Crippen LogP contribution in [0.15, 0.2) is 42.9 Å². The normalized spacial score (nSPS) is 17.1. The lowest BCUT2D eigenvalue weighted by molar-refractivity contribution is 0.0958. The molecule has 2 N–H and O–H groups in total. The molecule has 8 heteroatoms. The standard InChI is InChI=1S/C23H21N7O/c1-3-16-10-20(11-16)30-14-19(13-27-30)28-23-26-12-15(2)21(29-23)17-4-6-18(7-5-17)22(31)25-9-8-24/h1,4-7,12-14,16,20H,9-11H2,2H3,(H,25,31)(H,26,28,29). The number of nitrogens with zero attached hydrogens (tertiary/aromatic N) is 5. The minimum atomic E-state index is -0.285. The Morgan fingerprint density at radius 2 is 2.06 bits per heavy atom. The van der Waals surface area contributed by atoms with Crippen molar-refractivity contribution in [1.29, 1.82) is 5.26 Å². The molecule has 2 heterocycles. The molecule has 3 aromatic rings. The fourth-order valence-corrected chi connectivity index (χ4v) is 3.47. The SMILES string of the molecule is C#CC1CC(n2cc(Nc3ncc(C)c(-c4ccc(C(=O)NCC#N)cc4)n3)cn2)C1. The Labute approximate surface area is 180 Å². The summed E-state index contributed by atoms with van der Waals surface area (Å²) < 4.78 is 1.93. The van der Waals surface area contributed by atoms with Crippen molar-refractivity contribution in [3.63, 3.8) is 0 Å². The van der Waals surface area contributed by atoms with E-state index in [1.807, 2.05) is 36.0 Å². The van der Waals surface area contributed by atoms with E-state index in [0.717, 1.165) is 35.3 Å². The van der Waals surface area contributed by atoms with Gasteiger partial charge in [0.15, 0.2) is 0 Å². The zero-order valence-electron chi connectivity index (χ0n) is 17.0. The van der Waals surface area contributed by atoms with Crippen LogP contribution >= 0.6 is 0 Å². The largest absolute Gasteiger partial charge is 0.339 e. The second-order valence-corrected chi connectivity index (χ2v) is 7.47. The Hall–Kier alpha value is -4.17. The van der Waals surface area contributed by atoms with E-state index >= 15 is 0 Å². The van der Waals surface area contributed by atoms with Gasteiger partial charge in [-0.3, -0.25) is 9.48 Å². The number of amides is 1. The smallest absolute Gasteiger partial charge is 0.252 e. The highest BCUT2D eigenvalue weighted by atomic mass is 16.1. The molecule has 0 atom stereocenters. The average Bonchev–Trinajstić information content (AvgIpc) is 3.20. The molecule has 0 spiro atoms. The number of rotatable bonds is 6. The minimum absolute atomic E-state index is 0.0253. The molecule has 1 saturated carbocycles. The molecule has 154 valence electrons. The van der Waals surface area contributed by atoms with Gasteiger partial charge in [0.25, 0.3) is 5.91 Å². The summed E-state index contributed by atoms with van der Waals surface area (Å²) >= 11 is 0. The molecule has 0 bridgehead atoms. The van der Waals surface area contributed by atoms with Gasteiger partial charge in [-0.2, -0.15) is 10.4 Å². The van der Waals surface area contributed by atoms with Crippen LogP contribution in [0.25, 0.3) is 11.3 Å². The zero-order chi connectivity index (χ0) is 21.8. The van der Waals surface area contributed by atoms with Gasteiger partial charge in [-0.05, 0) is 37.5 Å². The molecule has 2 aromatic heterocycles. The van der Waals surface area contributed by atoms with Crippen molar-refractivity contribution < 1.29 is 4.79 Å². The number of carbonyl (C=O) groups is 1. The molecule has 0 radical (unpaired) electrons. The molecule has 1 amide bonds. The molecule has 31 heavy (non-hydrogen) atoms. The molecule has 1 aliphatic carbocycles. The summed E-state index contributed by atoms with van der Waals surface area (Å²) in [5, 5.41) is 18.7. The number of hydrogen-bond donors (Lipinski definition) is 2. The molecule has 4 rings (SSSR count). The number of nitrogens with one attached hydrogen (secondary N) is 2. The summed E-state index contributed by atoms with van der Waals surface area (Å²) in [5.74, 6) is 3.31. The van der Waals surface area contributed by atoms with Crippen molar-refractivity contribution in [3.05, 3.63) is 54.0 Å². The van der Waals surface area contributed by atoms with E-state index < -0.39 is 0 Å². The Morgan fingerprint density at radius 3 is 2.77 bits per heavy atom. The highest BCUT2D eigenvalue weighted by Gasteiger charge is 2.29. The molecule has 1 aliphatic rings. The van der Waals surface area contributed by atoms with Crippen molar-refractivity contribution in [2.75, 3.05) is 11.9 Å². The molecule has 1 fully saturated rings. The number of terminal acetylenes is 1. The fraction of sp³-hybridized carbons (Fsp3) is 0.261. The van der Waals surface area contributed by atoms with Crippen molar-refractivity contribution in [2.24, 2.45) is 5.92 Å². The van der Waals surface area contributed by atoms with Crippen LogP contribution in [0.1, 0.15) is 34.8 Å². The maximum Gasteiger partial charge on any atom is 0.252 e. The Balaban J connectivity index is 1.48. The van der Waals surface area contributed by atoms with Crippen molar-refractivity contribution in [1.82, 2.24) is 25.1 Å². The monoisotopic (exact) mass is 411 g/mol. The summed E-state index contributed by atoms with van der Waals surface area (Å²) in [6.07, 6.45) is 12.8. The van der Waals surface area contributed by atoms with E-state index in [2.05, 4.69) is 31.6 Å². The lowest BCUT2D eigenvalue weighted by Gasteiger charge is -2.31. The first-order valence-electron chi connectivity index (χ1n) is 9.94. The van der Waals surface area contributed by atoms with E-state index in [9.17, 15) is 4.79 Å². The van der Waals surface area contributed by atoms with Crippen LogP contribution in [0, 0.1) is 36.5 Å². The Morgan fingerprint density at radius 1 is 1.29 bits per heavy atom. The number of hydrogen-bond acceptors (Lipinski definition) is 6. The first kappa shape index (κ1) is 20.1. The van der Waals surface area contributed by atoms with Gasteiger partial charge in [0.05, 0.1) is 29.7 Å². The number of nitriles is 1. The molecule has 0 unspecified atom stereocenters. The van der Waals surface area contributed by atoms with Crippen molar-refractivity contribution in [3.8, 4) is 29.7 Å². The zero-order valence-corrected chi connectivity index (χ0v) is 17.0. The van der Waals surface area contributed by atoms with Crippen molar-refractivity contribution in [2.45, 2.75) is 25.8 Å². The maximum atomic E-state index is 12.0. The van der Waals surface area contributed by atoms with Gasteiger partial charge < -0.3 is 10.6 Å². The van der Waals surface area contributed by atoms with E-state index in [1.54, 1.807) is 24.5 Å². The third-order valence-corrected chi connectivity index (χ3v) is 5.30. The van der Waals surface area contributed by atoms with Crippen LogP contribution in [-0.4, -0.2) is 32.2 Å².